The van der Waals surface area contributed by atoms with Crippen LogP contribution in [0.1, 0.15) is 30.9 Å². The SMILES string of the molecule is CCCCOc1cc(N)ccc1Cc1ccc(N)cc1. The van der Waals surface area contributed by atoms with Gasteiger partial charge in [-0.15, -0.1) is 0 Å². The molecule has 0 amide bonds. The van der Waals surface area contributed by atoms with Crippen molar-refractivity contribution in [3.8, 4) is 5.75 Å². The van der Waals surface area contributed by atoms with Gasteiger partial charge in [-0.2, -0.15) is 0 Å². The molecular weight excluding hydrogens is 248 g/mol. The zero-order valence-corrected chi connectivity index (χ0v) is 11.9. The molecule has 0 aliphatic carbocycles. The first kappa shape index (κ1) is 14.3. The highest BCUT2D eigenvalue weighted by Crippen LogP contribution is 2.25. The van der Waals surface area contributed by atoms with Gasteiger partial charge < -0.3 is 16.2 Å². The molecule has 2 rings (SSSR count). The van der Waals surface area contributed by atoms with Crippen LogP contribution in [0.25, 0.3) is 0 Å². The van der Waals surface area contributed by atoms with Gasteiger partial charge in [-0.3, -0.25) is 0 Å². The van der Waals surface area contributed by atoms with Crippen molar-refractivity contribution in [2.24, 2.45) is 0 Å². The van der Waals surface area contributed by atoms with E-state index in [1.165, 1.54) is 5.56 Å². The van der Waals surface area contributed by atoms with E-state index < -0.39 is 0 Å². The van der Waals surface area contributed by atoms with Gasteiger partial charge in [0.05, 0.1) is 6.61 Å². The molecule has 0 fully saturated rings. The maximum Gasteiger partial charge on any atom is 0.124 e. The third-order valence-electron chi connectivity index (χ3n) is 3.22. The van der Waals surface area contributed by atoms with Crippen LogP contribution in [-0.2, 0) is 6.42 Å². The standard InChI is InChI=1S/C17H22N2O/c1-2-3-10-20-17-12-16(19)9-6-14(17)11-13-4-7-15(18)8-5-13/h4-9,12H,2-3,10-11,18-19H2,1H3. The second kappa shape index (κ2) is 6.85. The predicted octanol–water partition coefficient (Wildman–Crippen LogP) is 3.62. The average molecular weight is 270 g/mol. The van der Waals surface area contributed by atoms with Crippen molar-refractivity contribution in [3.63, 3.8) is 0 Å². The van der Waals surface area contributed by atoms with Gasteiger partial charge in [-0.25, -0.2) is 0 Å². The van der Waals surface area contributed by atoms with Gasteiger partial charge in [-0.05, 0) is 35.7 Å². The normalized spacial score (nSPS) is 10.4. The van der Waals surface area contributed by atoms with Crippen LogP contribution in [0.3, 0.4) is 0 Å². The van der Waals surface area contributed by atoms with E-state index in [4.69, 9.17) is 16.2 Å². The molecule has 4 N–H and O–H groups in total. The fourth-order valence-electron chi connectivity index (χ4n) is 2.03. The molecule has 3 nitrogen and oxygen atoms in total. The van der Waals surface area contributed by atoms with Gasteiger partial charge in [-0.1, -0.05) is 31.5 Å². The molecule has 106 valence electrons. The smallest absolute Gasteiger partial charge is 0.124 e. The van der Waals surface area contributed by atoms with Crippen molar-refractivity contribution in [3.05, 3.63) is 53.6 Å². The Hall–Kier alpha value is -2.16. The third-order valence-corrected chi connectivity index (χ3v) is 3.22. The Morgan fingerprint density at radius 2 is 1.65 bits per heavy atom. The van der Waals surface area contributed by atoms with Crippen LogP contribution in [0.4, 0.5) is 11.4 Å². The molecule has 2 aromatic carbocycles. The lowest BCUT2D eigenvalue weighted by molar-refractivity contribution is 0.307. The molecule has 0 unspecified atom stereocenters. The van der Waals surface area contributed by atoms with Crippen LogP contribution in [0.5, 0.6) is 5.75 Å². The van der Waals surface area contributed by atoms with Crippen molar-refractivity contribution < 1.29 is 4.74 Å². The summed E-state index contributed by atoms with van der Waals surface area (Å²) >= 11 is 0. The number of benzene rings is 2. The van der Waals surface area contributed by atoms with E-state index >= 15 is 0 Å². The Balaban J connectivity index is 2.15. The van der Waals surface area contributed by atoms with Crippen molar-refractivity contribution in [1.29, 1.82) is 0 Å². The lowest BCUT2D eigenvalue weighted by Gasteiger charge is -2.12. The van der Waals surface area contributed by atoms with E-state index in [2.05, 4.69) is 6.92 Å². The van der Waals surface area contributed by atoms with Gasteiger partial charge >= 0.3 is 0 Å². The second-order valence-electron chi connectivity index (χ2n) is 4.99. The highest BCUT2D eigenvalue weighted by Gasteiger charge is 2.06. The zero-order chi connectivity index (χ0) is 14.4. The average Bonchev–Trinajstić information content (AvgIpc) is 2.44. The van der Waals surface area contributed by atoms with E-state index in [1.54, 1.807) is 0 Å². The van der Waals surface area contributed by atoms with Crippen LogP contribution < -0.4 is 16.2 Å². The van der Waals surface area contributed by atoms with Gasteiger partial charge in [0.15, 0.2) is 0 Å². The van der Waals surface area contributed by atoms with E-state index in [-0.39, 0.29) is 0 Å². The Bertz CT molecular complexity index is 549. The van der Waals surface area contributed by atoms with Crippen LogP contribution in [0.2, 0.25) is 0 Å². The molecule has 0 bridgehead atoms. The summed E-state index contributed by atoms with van der Waals surface area (Å²) in [7, 11) is 0. The minimum Gasteiger partial charge on any atom is -0.493 e. The number of anilines is 2. The maximum atomic E-state index is 5.85. The quantitative estimate of drug-likeness (QED) is 0.622. The zero-order valence-electron chi connectivity index (χ0n) is 11.9. The molecule has 0 aliphatic rings. The van der Waals surface area contributed by atoms with Crippen LogP contribution in [0.15, 0.2) is 42.5 Å². The fraction of sp³-hybridized carbons (Fsp3) is 0.294. The number of ether oxygens (including phenoxy) is 1. The third kappa shape index (κ3) is 3.92. The minimum atomic E-state index is 0.731. The summed E-state index contributed by atoms with van der Waals surface area (Å²) in [6, 6.07) is 13.8. The van der Waals surface area contributed by atoms with Gasteiger partial charge in [0.25, 0.3) is 0 Å². The fourth-order valence-corrected chi connectivity index (χ4v) is 2.03. The van der Waals surface area contributed by atoms with Gasteiger partial charge in [0, 0.05) is 23.9 Å². The first-order valence-corrected chi connectivity index (χ1v) is 7.04. The second-order valence-corrected chi connectivity index (χ2v) is 4.99. The van der Waals surface area contributed by atoms with Crippen LogP contribution in [-0.4, -0.2) is 6.61 Å². The Labute approximate surface area is 120 Å². The molecule has 3 heteroatoms. The van der Waals surface area contributed by atoms with Crippen LogP contribution >= 0.6 is 0 Å². The van der Waals surface area contributed by atoms with E-state index in [1.807, 2.05) is 42.5 Å². The van der Waals surface area contributed by atoms with E-state index in [0.717, 1.165) is 48.6 Å². The summed E-state index contributed by atoms with van der Waals surface area (Å²) < 4.78 is 5.85. The first-order valence-electron chi connectivity index (χ1n) is 7.04. The monoisotopic (exact) mass is 270 g/mol. The predicted molar refractivity (Wildman–Crippen MR) is 84.9 cm³/mol. The maximum absolute atomic E-state index is 5.85. The van der Waals surface area contributed by atoms with E-state index in [9.17, 15) is 0 Å². The molecular formula is C17H22N2O. The molecule has 0 aliphatic heterocycles. The number of hydrogen-bond donors (Lipinski definition) is 2. The minimum absolute atomic E-state index is 0.731. The molecule has 20 heavy (non-hydrogen) atoms. The molecule has 0 radical (unpaired) electrons. The first-order chi connectivity index (χ1) is 9.69. The number of nitrogen functional groups attached to an aromatic ring is 2. The summed E-state index contributed by atoms with van der Waals surface area (Å²) in [6.07, 6.45) is 2.99. The summed E-state index contributed by atoms with van der Waals surface area (Å²) in [5, 5.41) is 0. The lowest BCUT2D eigenvalue weighted by Crippen LogP contribution is -2.01. The Morgan fingerprint density at radius 1 is 0.950 bits per heavy atom. The van der Waals surface area contributed by atoms with E-state index in [0.29, 0.717) is 0 Å². The van der Waals surface area contributed by atoms with Gasteiger partial charge in [0.2, 0.25) is 0 Å². The molecule has 0 heterocycles. The molecule has 0 spiro atoms. The van der Waals surface area contributed by atoms with Gasteiger partial charge in [0.1, 0.15) is 5.75 Å². The highest BCUT2D eigenvalue weighted by molar-refractivity contribution is 5.50. The summed E-state index contributed by atoms with van der Waals surface area (Å²) in [5.41, 5.74) is 15.4. The van der Waals surface area contributed by atoms with Crippen molar-refractivity contribution in [2.75, 3.05) is 18.1 Å². The molecule has 0 saturated carbocycles. The summed E-state index contributed by atoms with van der Waals surface area (Å²) in [6.45, 7) is 2.88. The van der Waals surface area contributed by atoms with Crippen molar-refractivity contribution >= 4 is 11.4 Å². The largest absolute Gasteiger partial charge is 0.493 e. The number of nitrogens with two attached hydrogens (primary N) is 2. The van der Waals surface area contributed by atoms with Crippen LogP contribution in [0, 0.1) is 0 Å². The Morgan fingerprint density at radius 3 is 2.35 bits per heavy atom. The van der Waals surface area contributed by atoms with Crippen molar-refractivity contribution in [2.45, 2.75) is 26.2 Å². The topological polar surface area (TPSA) is 61.3 Å². The molecule has 0 atom stereocenters. The number of unbranched alkanes of at least 4 members (excludes halogenated alkanes) is 1. The molecule has 2 aromatic rings. The summed E-state index contributed by atoms with van der Waals surface area (Å²) in [5.74, 6) is 0.885. The number of rotatable bonds is 6. The lowest BCUT2D eigenvalue weighted by atomic mass is 10.0. The summed E-state index contributed by atoms with van der Waals surface area (Å²) in [4.78, 5) is 0. The highest BCUT2D eigenvalue weighted by atomic mass is 16.5. The Kier molecular flexibility index (Phi) is 4.88. The molecule has 0 saturated heterocycles. The van der Waals surface area contributed by atoms with Crippen molar-refractivity contribution in [1.82, 2.24) is 0 Å². The number of hydrogen-bond acceptors (Lipinski definition) is 3. The molecule has 0 aromatic heterocycles.